The molecule has 160 valence electrons. The second kappa shape index (κ2) is 10.1. The summed E-state index contributed by atoms with van der Waals surface area (Å²) in [6, 6.07) is 28.4. The van der Waals surface area contributed by atoms with E-state index in [4.69, 9.17) is 21.3 Å². The number of amides is 1. The van der Waals surface area contributed by atoms with E-state index in [1.54, 1.807) is 0 Å². The van der Waals surface area contributed by atoms with Gasteiger partial charge in [-0.1, -0.05) is 91.0 Å². The number of nitrogens with one attached hydrogen (secondary N) is 2. The van der Waals surface area contributed by atoms with Crippen molar-refractivity contribution in [3.05, 3.63) is 108 Å². The third-order valence-electron chi connectivity index (χ3n) is 5.42. The van der Waals surface area contributed by atoms with Gasteiger partial charge in [0, 0.05) is 11.5 Å². The molecule has 3 aromatic rings. The quantitative estimate of drug-likeness (QED) is 0.510. The van der Waals surface area contributed by atoms with Gasteiger partial charge in [-0.3, -0.25) is 4.79 Å². The minimum atomic E-state index is -0.682. The second-order valence-electron chi connectivity index (χ2n) is 7.57. The molecule has 0 aliphatic carbocycles. The number of halogens is 1. The van der Waals surface area contributed by atoms with E-state index in [1.807, 2.05) is 97.9 Å². The number of benzene rings is 3. The molecule has 2 atom stereocenters. The van der Waals surface area contributed by atoms with Gasteiger partial charge < -0.3 is 14.8 Å². The number of carbonyl (C=O) groups excluding carboxylic acids is 1. The topological polar surface area (TPSA) is 59.6 Å². The van der Waals surface area contributed by atoms with Gasteiger partial charge in [0.2, 0.25) is 5.91 Å². The van der Waals surface area contributed by atoms with Crippen molar-refractivity contribution in [3.8, 4) is 0 Å². The van der Waals surface area contributed by atoms with Crippen LogP contribution in [0, 0.1) is 0 Å². The summed E-state index contributed by atoms with van der Waals surface area (Å²) in [5, 5.41) is 2.99. The van der Waals surface area contributed by atoms with Crippen LogP contribution >= 0.6 is 11.8 Å². The molecule has 5 nitrogen and oxygen atoms in total. The Balaban J connectivity index is 1.45. The number of hydrogen-bond acceptors (Lipinski definition) is 4. The second-order valence-corrected chi connectivity index (χ2v) is 7.78. The lowest BCUT2D eigenvalue weighted by molar-refractivity contribution is -0.396. The van der Waals surface area contributed by atoms with Crippen molar-refractivity contribution in [1.82, 2.24) is 10.2 Å². The van der Waals surface area contributed by atoms with E-state index in [0.717, 1.165) is 16.7 Å². The molecule has 1 amide bonds. The Labute approximate surface area is 187 Å². The molecule has 6 heteroatoms. The summed E-state index contributed by atoms with van der Waals surface area (Å²) in [6.45, 7) is 1.86. The van der Waals surface area contributed by atoms with Gasteiger partial charge in [0.25, 0.3) is 0 Å². The molecule has 1 aliphatic heterocycles. The van der Waals surface area contributed by atoms with Crippen LogP contribution < -0.4 is 10.2 Å². The van der Waals surface area contributed by atoms with Crippen molar-refractivity contribution in [2.24, 2.45) is 0 Å². The fourth-order valence-electron chi connectivity index (χ4n) is 3.80. The first-order valence-corrected chi connectivity index (χ1v) is 10.7. The minimum absolute atomic E-state index is 0.226. The summed E-state index contributed by atoms with van der Waals surface area (Å²) in [7, 11) is 0. The van der Waals surface area contributed by atoms with Crippen molar-refractivity contribution >= 4 is 17.7 Å². The van der Waals surface area contributed by atoms with Crippen LogP contribution in [0.1, 0.15) is 35.8 Å². The Bertz CT molecular complexity index is 926. The molecular formula is C25H25ClN2O3. The lowest BCUT2D eigenvalue weighted by atomic mass is 9.85. The summed E-state index contributed by atoms with van der Waals surface area (Å²) < 4.78 is 11.7. The minimum Gasteiger partial charge on any atom is -0.347 e. The third kappa shape index (κ3) is 4.97. The molecule has 0 unspecified atom stereocenters. The normalized spacial score (nSPS) is 20.0. The van der Waals surface area contributed by atoms with Gasteiger partial charge in [-0.25, -0.2) is 4.84 Å². The molecule has 2 N–H and O–H groups in total. The summed E-state index contributed by atoms with van der Waals surface area (Å²) >= 11 is 6.10. The molecule has 0 aromatic heterocycles. The van der Waals surface area contributed by atoms with E-state index in [1.165, 1.54) is 0 Å². The fourth-order valence-corrected chi connectivity index (χ4v) is 4.03. The molecule has 31 heavy (non-hydrogen) atoms. The van der Waals surface area contributed by atoms with E-state index in [2.05, 4.69) is 10.2 Å². The smallest absolute Gasteiger partial charge is 0.239 e. The van der Waals surface area contributed by atoms with Crippen LogP contribution in [0.5, 0.6) is 0 Å². The summed E-state index contributed by atoms with van der Waals surface area (Å²) in [5.41, 5.74) is 2.94. The predicted molar refractivity (Wildman–Crippen MR) is 120 cm³/mol. The SMILES string of the molecule is C[C@H](NC(=O)[C@H](NCl)C(c1ccccc1)c1ccccc1)C1OC(c2ccccc2)O1. The molecule has 1 aliphatic rings. The van der Waals surface area contributed by atoms with Crippen LogP contribution in [0.2, 0.25) is 0 Å². The van der Waals surface area contributed by atoms with Crippen molar-refractivity contribution in [2.75, 3.05) is 0 Å². The highest BCUT2D eigenvalue weighted by Crippen LogP contribution is 2.33. The van der Waals surface area contributed by atoms with Crippen molar-refractivity contribution in [1.29, 1.82) is 0 Å². The van der Waals surface area contributed by atoms with E-state index < -0.39 is 18.6 Å². The average molecular weight is 437 g/mol. The number of carbonyl (C=O) groups is 1. The molecule has 0 spiro atoms. The van der Waals surface area contributed by atoms with Crippen LogP contribution in [-0.4, -0.2) is 24.3 Å². The molecule has 3 aromatic carbocycles. The first-order chi connectivity index (χ1) is 15.2. The molecule has 4 rings (SSSR count). The van der Waals surface area contributed by atoms with Gasteiger partial charge >= 0.3 is 0 Å². The van der Waals surface area contributed by atoms with Crippen molar-refractivity contribution < 1.29 is 14.3 Å². The highest BCUT2D eigenvalue weighted by Gasteiger charge is 2.38. The zero-order valence-corrected chi connectivity index (χ0v) is 17.9. The maximum atomic E-state index is 13.2. The Kier molecular flexibility index (Phi) is 6.99. The zero-order chi connectivity index (χ0) is 21.6. The Morgan fingerprint density at radius 3 is 1.81 bits per heavy atom. The van der Waals surface area contributed by atoms with Gasteiger partial charge in [0.1, 0.15) is 6.04 Å². The van der Waals surface area contributed by atoms with E-state index in [9.17, 15) is 4.79 Å². The molecular weight excluding hydrogens is 412 g/mol. The van der Waals surface area contributed by atoms with Gasteiger partial charge in [0.15, 0.2) is 12.6 Å². The average Bonchev–Trinajstić information content (AvgIpc) is 2.78. The van der Waals surface area contributed by atoms with E-state index >= 15 is 0 Å². The Morgan fingerprint density at radius 1 is 0.839 bits per heavy atom. The van der Waals surface area contributed by atoms with Gasteiger partial charge in [-0.05, 0) is 29.8 Å². The standard InChI is InChI=1S/C25H25ClN2O3/c1-17(24-30-25(31-24)20-15-9-4-10-16-20)27-23(29)22(28-26)21(18-11-5-2-6-12-18)19-13-7-3-8-14-19/h2-17,21-22,24-25,28H,1H3,(H,27,29)/t17-,22+,24?,25?/m0/s1. The highest BCUT2D eigenvalue weighted by molar-refractivity contribution is 6.15. The van der Waals surface area contributed by atoms with Crippen LogP contribution in [0.3, 0.4) is 0 Å². The first-order valence-electron chi connectivity index (χ1n) is 10.3. The van der Waals surface area contributed by atoms with Crippen molar-refractivity contribution in [3.63, 3.8) is 0 Å². The van der Waals surface area contributed by atoms with Crippen LogP contribution in [0.25, 0.3) is 0 Å². The Hall–Kier alpha value is -2.70. The van der Waals surface area contributed by atoms with Crippen LogP contribution in [0.4, 0.5) is 0 Å². The third-order valence-corrected chi connectivity index (χ3v) is 5.65. The number of hydrogen-bond donors (Lipinski definition) is 2. The largest absolute Gasteiger partial charge is 0.347 e. The van der Waals surface area contributed by atoms with E-state index in [0.29, 0.717) is 0 Å². The van der Waals surface area contributed by atoms with Crippen molar-refractivity contribution in [2.45, 2.75) is 37.5 Å². The Morgan fingerprint density at radius 2 is 1.32 bits per heavy atom. The predicted octanol–water partition coefficient (Wildman–Crippen LogP) is 4.51. The maximum Gasteiger partial charge on any atom is 0.239 e. The van der Waals surface area contributed by atoms with Gasteiger partial charge in [0.05, 0.1) is 6.04 Å². The van der Waals surface area contributed by atoms with Crippen LogP contribution in [0.15, 0.2) is 91.0 Å². The lowest BCUT2D eigenvalue weighted by Crippen LogP contribution is -2.54. The lowest BCUT2D eigenvalue weighted by Gasteiger charge is -2.40. The summed E-state index contributed by atoms with van der Waals surface area (Å²) in [4.78, 5) is 15.9. The van der Waals surface area contributed by atoms with Gasteiger partial charge in [-0.2, -0.15) is 0 Å². The van der Waals surface area contributed by atoms with Crippen LogP contribution in [-0.2, 0) is 14.3 Å². The zero-order valence-electron chi connectivity index (χ0n) is 17.1. The monoisotopic (exact) mass is 436 g/mol. The highest BCUT2D eigenvalue weighted by atomic mass is 35.5. The maximum absolute atomic E-state index is 13.2. The summed E-state index contributed by atoms with van der Waals surface area (Å²) in [5.74, 6) is -0.483. The fraction of sp³-hybridized carbons (Fsp3) is 0.240. The molecule has 0 radical (unpaired) electrons. The summed E-state index contributed by atoms with van der Waals surface area (Å²) in [6.07, 6.45) is -0.925. The van der Waals surface area contributed by atoms with E-state index in [-0.39, 0.29) is 17.9 Å². The van der Waals surface area contributed by atoms with Gasteiger partial charge in [-0.15, -0.1) is 0 Å². The number of ether oxygens (including phenoxy) is 2. The first kappa shape index (κ1) is 21.5. The molecule has 0 bridgehead atoms. The molecule has 1 saturated heterocycles. The number of rotatable bonds is 8. The molecule has 0 saturated carbocycles. The molecule has 1 fully saturated rings. The molecule has 1 heterocycles.